The molecule has 0 amide bonds. The monoisotopic (exact) mass is 357 g/mol. The van der Waals surface area contributed by atoms with Crippen LogP contribution in [0.3, 0.4) is 0 Å². The lowest BCUT2D eigenvalue weighted by atomic mass is 10.0. The number of hydrogen-bond donors (Lipinski definition) is 0. The van der Waals surface area contributed by atoms with E-state index in [0.717, 1.165) is 6.07 Å². The van der Waals surface area contributed by atoms with Gasteiger partial charge in [-0.05, 0) is 31.0 Å². The van der Waals surface area contributed by atoms with E-state index in [1.165, 1.54) is 19.2 Å². The zero-order valence-corrected chi connectivity index (χ0v) is 13.3. The van der Waals surface area contributed by atoms with E-state index in [1.54, 1.807) is 0 Å². The van der Waals surface area contributed by atoms with Crippen molar-refractivity contribution < 1.29 is 26.3 Å². The lowest BCUT2D eigenvalue weighted by Crippen LogP contribution is -2.51. The van der Waals surface area contributed by atoms with Crippen molar-refractivity contribution in [2.45, 2.75) is 36.4 Å². The van der Waals surface area contributed by atoms with E-state index in [1.807, 2.05) is 0 Å². The minimum Gasteiger partial charge on any atom is -0.495 e. The van der Waals surface area contributed by atoms with E-state index in [4.69, 9.17) is 16.3 Å². The average Bonchev–Trinajstić information content (AvgIpc) is 2.46. The van der Waals surface area contributed by atoms with Crippen LogP contribution in [0.5, 0.6) is 5.75 Å². The highest BCUT2D eigenvalue weighted by molar-refractivity contribution is 7.89. The van der Waals surface area contributed by atoms with Crippen LogP contribution in [0.15, 0.2) is 23.1 Å². The van der Waals surface area contributed by atoms with Crippen molar-refractivity contribution in [2.75, 3.05) is 13.7 Å². The van der Waals surface area contributed by atoms with Crippen LogP contribution in [0.2, 0.25) is 5.02 Å². The summed E-state index contributed by atoms with van der Waals surface area (Å²) < 4.78 is 69.7. The minimum absolute atomic E-state index is 0.0316. The molecule has 0 aromatic heterocycles. The van der Waals surface area contributed by atoms with Crippen LogP contribution in [-0.2, 0) is 10.0 Å². The van der Waals surface area contributed by atoms with Crippen LogP contribution in [0, 0.1) is 0 Å². The Labute approximate surface area is 131 Å². The van der Waals surface area contributed by atoms with Gasteiger partial charge in [0.25, 0.3) is 0 Å². The molecule has 0 saturated carbocycles. The fourth-order valence-electron chi connectivity index (χ4n) is 2.46. The van der Waals surface area contributed by atoms with E-state index in [2.05, 4.69) is 0 Å². The molecule has 0 N–H and O–H groups in total. The first-order chi connectivity index (χ1) is 10.2. The summed E-state index contributed by atoms with van der Waals surface area (Å²) in [5.41, 5.74) is 0. The van der Waals surface area contributed by atoms with Gasteiger partial charge in [-0.15, -0.1) is 0 Å². The van der Waals surface area contributed by atoms with Gasteiger partial charge in [0.1, 0.15) is 11.8 Å². The number of sulfonamides is 1. The molecule has 1 aromatic carbocycles. The number of benzene rings is 1. The van der Waals surface area contributed by atoms with Gasteiger partial charge >= 0.3 is 6.18 Å². The summed E-state index contributed by atoms with van der Waals surface area (Å²) in [6.45, 7) is -0.157. The topological polar surface area (TPSA) is 46.6 Å². The smallest absolute Gasteiger partial charge is 0.405 e. The lowest BCUT2D eigenvalue weighted by molar-refractivity contribution is -0.177. The molecule has 2 rings (SSSR count). The summed E-state index contributed by atoms with van der Waals surface area (Å²) in [6, 6.07) is 1.63. The van der Waals surface area contributed by atoms with Crippen LogP contribution in [-0.4, -0.2) is 38.6 Å². The summed E-state index contributed by atoms with van der Waals surface area (Å²) in [5.74, 6) is 0.256. The van der Waals surface area contributed by atoms with Crippen LogP contribution in [0.25, 0.3) is 0 Å². The third kappa shape index (κ3) is 3.33. The molecule has 0 aliphatic carbocycles. The van der Waals surface area contributed by atoms with Crippen molar-refractivity contribution in [1.29, 1.82) is 0 Å². The molecule has 0 spiro atoms. The summed E-state index contributed by atoms with van der Waals surface area (Å²) in [6.07, 6.45) is -4.08. The Morgan fingerprint density at radius 2 is 2.00 bits per heavy atom. The third-order valence-corrected chi connectivity index (χ3v) is 5.76. The second-order valence-electron chi connectivity index (χ2n) is 4.97. The summed E-state index contributed by atoms with van der Waals surface area (Å²) in [7, 11) is -2.91. The normalized spacial score (nSPS) is 20.9. The van der Waals surface area contributed by atoms with Gasteiger partial charge in [0.15, 0.2) is 0 Å². The van der Waals surface area contributed by atoms with E-state index in [9.17, 15) is 21.6 Å². The van der Waals surface area contributed by atoms with Gasteiger partial charge in [-0.3, -0.25) is 0 Å². The second-order valence-corrected chi connectivity index (χ2v) is 7.26. The second kappa shape index (κ2) is 6.25. The Hall–Kier alpha value is -0.990. The Morgan fingerprint density at radius 3 is 2.55 bits per heavy atom. The standard InChI is InChI=1S/C13H15ClF3NO3S/c1-21-11-6-5-9(8-10(11)14)22(19,20)18-7-3-2-4-12(18)13(15,16)17/h5-6,8,12H,2-4,7H2,1H3. The Bertz CT molecular complexity index is 648. The Balaban J connectivity index is 2.42. The largest absolute Gasteiger partial charge is 0.495 e. The first-order valence-corrected chi connectivity index (χ1v) is 8.42. The molecule has 124 valence electrons. The molecule has 1 unspecified atom stereocenters. The summed E-state index contributed by atoms with van der Waals surface area (Å²) in [4.78, 5) is -0.269. The van der Waals surface area contributed by atoms with Gasteiger partial charge < -0.3 is 4.74 Å². The van der Waals surface area contributed by atoms with E-state index < -0.39 is 22.2 Å². The Morgan fingerprint density at radius 1 is 1.32 bits per heavy atom. The maximum atomic E-state index is 13.1. The van der Waals surface area contributed by atoms with Gasteiger partial charge in [-0.25, -0.2) is 8.42 Å². The van der Waals surface area contributed by atoms with Gasteiger partial charge in [-0.2, -0.15) is 17.5 Å². The maximum Gasteiger partial charge on any atom is 0.405 e. The highest BCUT2D eigenvalue weighted by Crippen LogP contribution is 2.36. The SMILES string of the molecule is COc1ccc(S(=O)(=O)N2CCCCC2C(F)(F)F)cc1Cl. The van der Waals surface area contributed by atoms with Crippen molar-refractivity contribution in [3.63, 3.8) is 0 Å². The molecule has 1 aromatic rings. The number of halogens is 4. The van der Waals surface area contributed by atoms with Crippen molar-refractivity contribution in [2.24, 2.45) is 0 Å². The number of ether oxygens (including phenoxy) is 1. The fourth-order valence-corrected chi connectivity index (χ4v) is 4.49. The third-order valence-electron chi connectivity index (χ3n) is 3.56. The van der Waals surface area contributed by atoms with Crippen LogP contribution >= 0.6 is 11.6 Å². The molecule has 4 nitrogen and oxygen atoms in total. The molecule has 0 bridgehead atoms. The van der Waals surface area contributed by atoms with E-state index >= 15 is 0 Å². The Kier molecular flexibility index (Phi) is 4.93. The van der Waals surface area contributed by atoms with Crippen molar-refractivity contribution >= 4 is 21.6 Å². The molecule has 1 saturated heterocycles. The van der Waals surface area contributed by atoms with Gasteiger partial charge in [0.2, 0.25) is 10.0 Å². The zero-order chi connectivity index (χ0) is 16.5. The fraction of sp³-hybridized carbons (Fsp3) is 0.538. The molecule has 1 aliphatic heterocycles. The predicted octanol–water partition coefficient (Wildman–Crippen LogP) is 3.45. The molecular weight excluding hydrogens is 343 g/mol. The molecular formula is C13H15ClF3NO3S. The van der Waals surface area contributed by atoms with Gasteiger partial charge in [0.05, 0.1) is 17.0 Å². The number of alkyl halides is 3. The average molecular weight is 358 g/mol. The van der Waals surface area contributed by atoms with E-state index in [0.29, 0.717) is 17.1 Å². The number of rotatable bonds is 3. The first kappa shape index (κ1) is 17.4. The molecule has 9 heteroatoms. The quantitative estimate of drug-likeness (QED) is 0.832. The van der Waals surface area contributed by atoms with Crippen LogP contribution in [0.4, 0.5) is 13.2 Å². The molecule has 1 fully saturated rings. The minimum atomic E-state index is -4.59. The molecule has 1 aliphatic rings. The highest BCUT2D eigenvalue weighted by atomic mass is 35.5. The number of piperidine rings is 1. The zero-order valence-electron chi connectivity index (χ0n) is 11.7. The van der Waals surface area contributed by atoms with Crippen LogP contribution < -0.4 is 4.74 Å². The van der Waals surface area contributed by atoms with Crippen molar-refractivity contribution in [3.8, 4) is 5.75 Å². The molecule has 1 heterocycles. The molecule has 1 atom stereocenters. The lowest BCUT2D eigenvalue weighted by Gasteiger charge is -2.35. The van der Waals surface area contributed by atoms with Crippen molar-refractivity contribution in [1.82, 2.24) is 4.31 Å². The van der Waals surface area contributed by atoms with Crippen molar-refractivity contribution in [3.05, 3.63) is 23.2 Å². The molecule has 22 heavy (non-hydrogen) atoms. The molecule has 0 radical (unpaired) electrons. The number of methoxy groups -OCH3 is 1. The summed E-state index contributed by atoms with van der Waals surface area (Å²) in [5, 5.41) is 0.0316. The van der Waals surface area contributed by atoms with Crippen LogP contribution in [0.1, 0.15) is 19.3 Å². The highest BCUT2D eigenvalue weighted by Gasteiger charge is 2.49. The predicted molar refractivity (Wildman–Crippen MR) is 75.6 cm³/mol. The number of nitrogens with zero attached hydrogens (tertiary/aromatic N) is 1. The first-order valence-electron chi connectivity index (χ1n) is 6.60. The summed E-state index contributed by atoms with van der Waals surface area (Å²) >= 11 is 5.87. The van der Waals surface area contributed by atoms with E-state index in [-0.39, 0.29) is 28.6 Å². The van der Waals surface area contributed by atoms with Gasteiger partial charge in [-0.1, -0.05) is 18.0 Å². The number of hydrogen-bond acceptors (Lipinski definition) is 3. The maximum absolute atomic E-state index is 13.1. The van der Waals surface area contributed by atoms with Gasteiger partial charge in [0, 0.05) is 6.54 Å².